The quantitative estimate of drug-likeness (QED) is 0.863. The smallest absolute Gasteiger partial charge is 0.0867 e. The summed E-state index contributed by atoms with van der Waals surface area (Å²) >= 11 is 0. The largest absolute Gasteiger partial charge is 0.388 e. The van der Waals surface area contributed by atoms with E-state index in [4.69, 9.17) is 0 Å². The second-order valence-corrected chi connectivity index (χ2v) is 4.45. The van der Waals surface area contributed by atoms with Crippen LogP contribution in [0, 0.1) is 13.8 Å². The van der Waals surface area contributed by atoms with Crippen molar-refractivity contribution in [3.05, 3.63) is 34.9 Å². The molecule has 0 fully saturated rings. The zero-order valence-corrected chi connectivity index (χ0v) is 10.7. The molecule has 5 heteroatoms. The highest BCUT2D eigenvalue weighted by molar-refractivity contribution is 5.28. The van der Waals surface area contributed by atoms with Crippen LogP contribution < -0.4 is 0 Å². The van der Waals surface area contributed by atoms with E-state index in [0.29, 0.717) is 6.42 Å². The number of aliphatic hydroxyl groups excluding tert-OH is 1. The van der Waals surface area contributed by atoms with Crippen molar-refractivity contribution in [1.82, 2.24) is 19.6 Å². The Morgan fingerprint density at radius 2 is 2.06 bits per heavy atom. The molecule has 0 aliphatic rings. The van der Waals surface area contributed by atoms with Crippen LogP contribution in [0.5, 0.6) is 0 Å². The first-order chi connectivity index (χ1) is 7.99. The second-order valence-electron chi connectivity index (χ2n) is 4.45. The Morgan fingerprint density at radius 3 is 2.53 bits per heavy atom. The van der Waals surface area contributed by atoms with Crippen LogP contribution in [0.3, 0.4) is 0 Å². The predicted molar refractivity (Wildman–Crippen MR) is 64.6 cm³/mol. The molecule has 1 N–H and O–H groups in total. The number of hydrogen-bond acceptors (Lipinski definition) is 3. The van der Waals surface area contributed by atoms with E-state index >= 15 is 0 Å². The number of aromatic nitrogens is 4. The molecule has 0 bridgehead atoms. The molecule has 2 aromatic heterocycles. The zero-order chi connectivity index (χ0) is 12.6. The normalized spacial score (nSPS) is 13.0. The number of hydrogen-bond donors (Lipinski definition) is 1. The fraction of sp³-hybridized carbons (Fsp3) is 0.500. The van der Waals surface area contributed by atoms with E-state index in [-0.39, 0.29) is 0 Å². The van der Waals surface area contributed by atoms with Crippen LogP contribution in [0.4, 0.5) is 0 Å². The molecule has 2 aromatic rings. The zero-order valence-electron chi connectivity index (χ0n) is 10.7. The molecule has 0 aliphatic heterocycles. The van der Waals surface area contributed by atoms with Gasteiger partial charge in [0.2, 0.25) is 0 Å². The summed E-state index contributed by atoms with van der Waals surface area (Å²) in [5.41, 5.74) is 3.86. The second kappa shape index (κ2) is 4.33. The van der Waals surface area contributed by atoms with Crippen LogP contribution in [0.1, 0.15) is 28.6 Å². The highest BCUT2D eigenvalue weighted by Crippen LogP contribution is 2.24. The molecule has 0 saturated heterocycles. The van der Waals surface area contributed by atoms with Crippen molar-refractivity contribution in [3.8, 4) is 0 Å². The summed E-state index contributed by atoms with van der Waals surface area (Å²) in [7, 11) is 3.76. The van der Waals surface area contributed by atoms with Crippen LogP contribution in [0.15, 0.2) is 12.4 Å². The molecule has 0 saturated carbocycles. The Kier molecular flexibility index (Phi) is 3.02. The molecule has 0 radical (unpaired) electrons. The first kappa shape index (κ1) is 11.9. The van der Waals surface area contributed by atoms with Gasteiger partial charge in [0.1, 0.15) is 0 Å². The third-order valence-corrected chi connectivity index (χ3v) is 3.09. The minimum atomic E-state index is -0.520. The van der Waals surface area contributed by atoms with Crippen molar-refractivity contribution in [2.45, 2.75) is 26.4 Å². The Labute approximate surface area is 101 Å². The van der Waals surface area contributed by atoms with E-state index < -0.39 is 6.10 Å². The van der Waals surface area contributed by atoms with E-state index in [1.165, 1.54) is 0 Å². The Morgan fingerprint density at radius 1 is 1.35 bits per heavy atom. The molecular weight excluding hydrogens is 216 g/mol. The van der Waals surface area contributed by atoms with Crippen LogP contribution in [-0.2, 0) is 20.5 Å². The van der Waals surface area contributed by atoms with Gasteiger partial charge in [-0.1, -0.05) is 0 Å². The fourth-order valence-electron chi connectivity index (χ4n) is 2.17. The number of aryl methyl sites for hydroxylation is 3. The van der Waals surface area contributed by atoms with Gasteiger partial charge in [0, 0.05) is 38.0 Å². The summed E-state index contributed by atoms with van der Waals surface area (Å²) in [6, 6.07) is 0. The minimum absolute atomic E-state index is 0.520. The maximum atomic E-state index is 10.3. The van der Waals surface area contributed by atoms with Gasteiger partial charge in [-0.15, -0.1) is 0 Å². The van der Waals surface area contributed by atoms with Gasteiger partial charge in [-0.25, -0.2) is 0 Å². The predicted octanol–water partition coefficient (Wildman–Crippen LogP) is 1.05. The number of rotatable bonds is 3. The minimum Gasteiger partial charge on any atom is -0.388 e. The summed E-state index contributed by atoms with van der Waals surface area (Å²) in [4.78, 5) is 0. The van der Waals surface area contributed by atoms with Crippen molar-refractivity contribution >= 4 is 0 Å². The number of aliphatic hydroxyl groups is 1. The molecule has 0 aromatic carbocycles. The SMILES string of the molecule is Cc1nn(C)c(C)c1C(O)Cc1cnn(C)c1. The van der Waals surface area contributed by atoms with E-state index in [2.05, 4.69) is 10.2 Å². The van der Waals surface area contributed by atoms with E-state index in [1.54, 1.807) is 15.6 Å². The Bertz CT molecular complexity index is 527. The first-order valence-electron chi connectivity index (χ1n) is 5.64. The van der Waals surface area contributed by atoms with Gasteiger partial charge in [0.15, 0.2) is 0 Å². The first-order valence-corrected chi connectivity index (χ1v) is 5.64. The summed E-state index contributed by atoms with van der Waals surface area (Å²) in [5, 5.41) is 18.7. The number of nitrogens with zero attached hydrogens (tertiary/aromatic N) is 4. The molecule has 5 nitrogen and oxygen atoms in total. The van der Waals surface area contributed by atoms with Crippen molar-refractivity contribution in [2.24, 2.45) is 14.1 Å². The van der Waals surface area contributed by atoms with Gasteiger partial charge in [-0.05, 0) is 19.4 Å². The third-order valence-electron chi connectivity index (χ3n) is 3.09. The molecule has 92 valence electrons. The van der Waals surface area contributed by atoms with Crippen molar-refractivity contribution in [2.75, 3.05) is 0 Å². The van der Waals surface area contributed by atoms with Gasteiger partial charge in [-0.2, -0.15) is 10.2 Å². The third kappa shape index (κ3) is 2.24. The van der Waals surface area contributed by atoms with Crippen LogP contribution >= 0.6 is 0 Å². The van der Waals surface area contributed by atoms with E-state index in [9.17, 15) is 5.11 Å². The summed E-state index contributed by atoms with van der Waals surface area (Å²) < 4.78 is 3.54. The molecule has 2 rings (SSSR count). The summed E-state index contributed by atoms with van der Waals surface area (Å²) in [6.45, 7) is 3.90. The molecule has 17 heavy (non-hydrogen) atoms. The van der Waals surface area contributed by atoms with E-state index in [0.717, 1.165) is 22.5 Å². The average molecular weight is 234 g/mol. The highest BCUT2D eigenvalue weighted by atomic mass is 16.3. The maximum absolute atomic E-state index is 10.3. The molecule has 1 atom stereocenters. The van der Waals surface area contributed by atoms with Gasteiger partial charge >= 0.3 is 0 Å². The molecule has 0 amide bonds. The van der Waals surface area contributed by atoms with Gasteiger partial charge in [0.05, 0.1) is 18.0 Å². The summed E-state index contributed by atoms with van der Waals surface area (Å²) in [5.74, 6) is 0. The lowest BCUT2D eigenvalue weighted by atomic mass is 10.0. The highest BCUT2D eigenvalue weighted by Gasteiger charge is 2.18. The van der Waals surface area contributed by atoms with Crippen molar-refractivity contribution in [3.63, 3.8) is 0 Å². The lowest BCUT2D eigenvalue weighted by Crippen LogP contribution is -2.04. The lowest BCUT2D eigenvalue weighted by molar-refractivity contribution is 0.177. The van der Waals surface area contributed by atoms with Crippen molar-refractivity contribution < 1.29 is 5.11 Å². The van der Waals surface area contributed by atoms with Gasteiger partial charge in [-0.3, -0.25) is 9.36 Å². The standard InChI is InChI=1S/C12H18N4O/c1-8-12(9(2)16(4)14-8)11(17)5-10-6-13-15(3)7-10/h6-7,11,17H,5H2,1-4H3. The topological polar surface area (TPSA) is 55.9 Å². The Hall–Kier alpha value is -1.62. The van der Waals surface area contributed by atoms with Crippen LogP contribution in [0.25, 0.3) is 0 Å². The van der Waals surface area contributed by atoms with Crippen LogP contribution in [-0.4, -0.2) is 24.7 Å². The maximum Gasteiger partial charge on any atom is 0.0867 e. The van der Waals surface area contributed by atoms with E-state index in [1.807, 2.05) is 34.1 Å². The fourth-order valence-corrected chi connectivity index (χ4v) is 2.17. The van der Waals surface area contributed by atoms with Gasteiger partial charge < -0.3 is 5.11 Å². The summed E-state index contributed by atoms with van der Waals surface area (Å²) in [6.07, 6.45) is 3.75. The van der Waals surface area contributed by atoms with Crippen LogP contribution in [0.2, 0.25) is 0 Å². The molecule has 0 spiro atoms. The van der Waals surface area contributed by atoms with Gasteiger partial charge in [0.25, 0.3) is 0 Å². The molecule has 0 aliphatic carbocycles. The average Bonchev–Trinajstić information content (AvgIpc) is 2.73. The van der Waals surface area contributed by atoms with Crippen molar-refractivity contribution in [1.29, 1.82) is 0 Å². The molecular formula is C12H18N4O. The lowest BCUT2D eigenvalue weighted by Gasteiger charge is -2.10. The molecule has 2 heterocycles. The monoisotopic (exact) mass is 234 g/mol. The Balaban J connectivity index is 2.22. The molecule has 1 unspecified atom stereocenters.